The molecular formula is C15H22Cl2N2O3S. The molecule has 0 aliphatic heterocycles. The summed E-state index contributed by atoms with van der Waals surface area (Å²) >= 11 is 11.8. The van der Waals surface area contributed by atoms with E-state index in [0.717, 1.165) is 0 Å². The summed E-state index contributed by atoms with van der Waals surface area (Å²) in [4.78, 5) is 13.6. The quantitative estimate of drug-likeness (QED) is 0.752. The molecule has 1 rings (SSSR count). The Balaban J connectivity index is 2.73. The lowest BCUT2D eigenvalue weighted by Gasteiger charge is -2.20. The first-order chi connectivity index (χ1) is 10.7. The average Bonchev–Trinajstić information content (AvgIpc) is 2.45. The van der Waals surface area contributed by atoms with Crippen LogP contribution in [0.25, 0.3) is 0 Å². The molecular weight excluding hydrogens is 359 g/mol. The van der Waals surface area contributed by atoms with E-state index in [1.807, 2.05) is 20.8 Å². The van der Waals surface area contributed by atoms with Gasteiger partial charge in [-0.15, -0.1) is 0 Å². The van der Waals surface area contributed by atoms with E-state index in [1.165, 1.54) is 18.2 Å². The molecule has 0 aliphatic rings. The summed E-state index contributed by atoms with van der Waals surface area (Å²) in [5.41, 5.74) is 0. The van der Waals surface area contributed by atoms with Crippen LogP contribution in [0, 0.1) is 0 Å². The van der Waals surface area contributed by atoms with Crippen molar-refractivity contribution < 1.29 is 13.2 Å². The van der Waals surface area contributed by atoms with Gasteiger partial charge in [-0.25, -0.2) is 8.42 Å². The average molecular weight is 381 g/mol. The van der Waals surface area contributed by atoms with Gasteiger partial charge in [0.2, 0.25) is 5.91 Å². The van der Waals surface area contributed by atoms with Crippen LogP contribution < -0.4 is 5.32 Å². The van der Waals surface area contributed by atoms with Crippen molar-refractivity contribution in [1.29, 1.82) is 0 Å². The van der Waals surface area contributed by atoms with E-state index in [2.05, 4.69) is 5.32 Å². The standard InChI is InChI=1S/C15H22Cl2N2O3S/c1-4-19(10-15(20)18-11(2)3)7-8-23(21,22)14-9-12(16)5-6-13(14)17/h5-6,9,11H,4,7-8,10H2,1-3H3,(H,18,20). The fourth-order valence-corrected chi connectivity index (χ4v) is 4.09. The van der Waals surface area contributed by atoms with E-state index >= 15 is 0 Å². The van der Waals surface area contributed by atoms with Crippen LogP contribution in [0.5, 0.6) is 0 Å². The van der Waals surface area contributed by atoms with Crippen LogP contribution in [0.2, 0.25) is 10.0 Å². The zero-order valence-corrected chi connectivity index (χ0v) is 15.8. The topological polar surface area (TPSA) is 66.5 Å². The number of likely N-dealkylation sites (N-methyl/N-ethyl adjacent to an activating group) is 1. The number of carbonyl (C=O) groups is 1. The summed E-state index contributed by atoms with van der Waals surface area (Å²) < 4.78 is 24.8. The van der Waals surface area contributed by atoms with Gasteiger partial charge in [-0.05, 0) is 38.6 Å². The highest BCUT2D eigenvalue weighted by atomic mass is 35.5. The van der Waals surface area contributed by atoms with E-state index in [9.17, 15) is 13.2 Å². The van der Waals surface area contributed by atoms with E-state index in [0.29, 0.717) is 11.6 Å². The molecule has 1 amide bonds. The van der Waals surface area contributed by atoms with Gasteiger partial charge in [0.1, 0.15) is 0 Å². The van der Waals surface area contributed by atoms with Crippen molar-refractivity contribution in [3.05, 3.63) is 28.2 Å². The lowest BCUT2D eigenvalue weighted by molar-refractivity contribution is -0.122. The Kier molecular flexibility index (Phi) is 7.80. The Morgan fingerprint density at radius 2 is 1.96 bits per heavy atom. The Hall–Kier alpha value is -0.820. The fraction of sp³-hybridized carbons (Fsp3) is 0.533. The highest BCUT2D eigenvalue weighted by molar-refractivity contribution is 7.91. The maximum absolute atomic E-state index is 12.4. The lowest BCUT2D eigenvalue weighted by atomic mass is 10.3. The summed E-state index contributed by atoms with van der Waals surface area (Å²) in [7, 11) is -3.57. The van der Waals surface area contributed by atoms with Crippen LogP contribution in [0.15, 0.2) is 23.1 Å². The molecule has 0 aliphatic carbocycles. The number of rotatable bonds is 8. The van der Waals surface area contributed by atoms with Gasteiger partial charge in [0.15, 0.2) is 9.84 Å². The van der Waals surface area contributed by atoms with Crippen LogP contribution in [-0.4, -0.2) is 50.7 Å². The maximum Gasteiger partial charge on any atom is 0.234 e. The lowest BCUT2D eigenvalue weighted by Crippen LogP contribution is -2.41. The highest BCUT2D eigenvalue weighted by Crippen LogP contribution is 2.25. The molecule has 0 heterocycles. The first kappa shape index (κ1) is 20.2. The van der Waals surface area contributed by atoms with Gasteiger partial charge in [0.05, 0.1) is 22.2 Å². The van der Waals surface area contributed by atoms with Gasteiger partial charge in [0.25, 0.3) is 0 Å². The van der Waals surface area contributed by atoms with Crippen molar-refractivity contribution in [3.8, 4) is 0 Å². The van der Waals surface area contributed by atoms with Gasteiger partial charge in [0, 0.05) is 17.6 Å². The molecule has 1 aromatic carbocycles. The molecule has 130 valence electrons. The molecule has 0 saturated heterocycles. The molecule has 8 heteroatoms. The second-order valence-electron chi connectivity index (χ2n) is 5.48. The molecule has 0 aromatic heterocycles. The summed E-state index contributed by atoms with van der Waals surface area (Å²) in [6.07, 6.45) is 0. The molecule has 0 radical (unpaired) electrons. The second kappa shape index (κ2) is 8.87. The van der Waals surface area contributed by atoms with E-state index in [4.69, 9.17) is 23.2 Å². The molecule has 0 bridgehead atoms. The molecule has 0 saturated carbocycles. The largest absolute Gasteiger partial charge is 0.353 e. The number of benzene rings is 1. The summed E-state index contributed by atoms with van der Waals surface area (Å²) in [5, 5.41) is 3.25. The SMILES string of the molecule is CCN(CCS(=O)(=O)c1cc(Cl)ccc1Cl)CC(=O)NC(C)C. The van der Waals surface area contributed by atoms with Gasteiger partial charge in [-0.3, -0.25) is 9.69 Å². The third-order valence-corrected chi connectivity index (χ3v) is 5.57. The highest BCUT2D eigenvalue weighted by Gasteiger charge is 2.20. The Bertz CT molecular complexity index is 648. The smallest absolute Gasteiger partial charge is 0.234 e. The summed E-state index contributed by atoms with van der Waals surface area (Å²) in [6.45, 7) is 6.60. The Morgan fingerprint density at radius 1 is 1.30 bits per heavy atom. The van der Waals surface area contributed by atoms with Gasteiger partial charge >= 0.3 is 0 Å². The number of hydrogen-bond donors (Lipinski definition) is 1. The predicted molar refractivity (Wildman–Crippen MR) is 93.9 cm³/mol. The minimum absolute atomic E-state index is 0.0225. The molecule has 1 N–H and O–H groups in total. The van der Waals surface area contributed by atoms with Gasteiger partial charge < -0.3 is 5.32 Å². The molecule has 23 heavy (non-hydrogen) atoms. The molecule has 1 aromatic rings. The minimum atomic E-state index is -3.57. The number of nitrogens with zero attached hydrogens (tertiary/aromatic N) is 1. The third kappa shape index (κ3) is 6.67. The fourth-order valence-electron chi connectivity index (χ4n) is 1.99. The molecule has 0 unspecified atom stereocenters. The molecule has 0 atom stereocenters. The van der Waals surface area contributed by atoms with Crippen molar-refractivity contribution in [2.24, 2.45) is 0 Å². The summed E-state index contributed by atoms with van der Waals surface area (Å²) in [6, 6.07) is 4.40. The Labute approximate surface area is 147 Å². The number of hydrogen-bond acceptors (Lipinski definition) is 4. The van der Waals surface area contributed by atoms with Crippen LogP contribution >= 0.6 is 23.2 Å². The second-order valence-corrected chi connectivity index (χ2v) is 8.41. The number of carbonyl (C=O) groups excluding carboxylic acids is 1. The number of nitrogens with one attached hydrogen (secondary N) is 1. The minimum Gasteiger partial charge on any atom is -0.353 e. The van der Waals surface area contributed by atoms with Gasteiger partial charge in [-0.1, -0.05) is 30.1 Å². The summed E-state index contributed by atoms with van der Waals surface area (Å²) in [5.74, 6) is -0.254. The third-order valence-electron chi connectivity index (χ3n) is 3.17. The number of halogens is 2. The zero-order valence-electron chi connectivity index (χ0n) is 13.5. The monoisotopic (exact) mass is 380 g/mol. The van der Waals surface area contributed by atoms with E-state index in [1.54, 1.807) is 4.90 Å². The Morgan fingerprint density at radius 3 is 2.52 bits per heavy atom. The van der Waals surface area contributed by atoms with Crippen LogP contribution in [-0.2, 0) is 14.6 Å². The van der Waals surface area contributed by atoms with Crippen LogP contribution in [0.1, 0.15) is 20.8 Å². The number of amides is 1. The first-order valence-electron chi connectivity index (χ1n) is 7.35. The van der Waals surface area contributed by atoms with Crippen molar-refractivity contribution in [2.75, 3.05) is 25.4 Å². The molecule has 0 spiro atoms. The van der Waals surface area contributed by atoms with E-state index in [-0.39, 0.29) is 40.7 Å². The van der Waals surface area contributed by atoms with Crippen molar-refractivity contribution in [2.45, 2.75) is 31.7 Å². The predicted octanol–water partition coefficient (Wildman–Crippen LogP) is 2.61. The van der Waals surface area contributed by atoms with Crippen LogP contribution in [0.4, 0.5) is 0 Å². The van der Waals surface area contributed by atoms with Crippen molar-refractivity contribution in [3.63, 3.8) is 0 Å². The number of sulfone groups is 1. The van der Waals surface area contributed by atoms with Gasteiger partial charge in [-0.2, -0.15) is 0 Å². The van der Waals surface area contributed by atoms with Crippen molar-refractivity contribution >= 4 is 38.9 Å². The molecule has 0 fully saturated rings. The van der Waals surface area contributed by atoms with Crippen molar-refractivity contribution in [1.82, 2.24) is 10.2 Å². The van der Waals surface area contributed by atoms with E-state index < -0.39 is 9.84 Å². The maximum atomic E-state index is 12.4. The molecule has 5 nitrogen and oxygen atoms in total. The normalized spacial score (nSPS) is 12.0. The van der Waals surface area contributed by atoms with Crippen LogP contribution in [0.3, 0.4) is 0 Å². The zero-order chi connectivity index (χ0) is 17.6. The first-order valence-corrected chi connectivity index (χ1v) is 9.76.